The number of ether oxygens (including phenoxy) is 1. The summed E-state index contributed by atoms with van der Waals surface area (Å²) >= 11 is 0. The topological polar surface area (TPSA) is 36.2 Å². The number of imidazole rings is 1. The SMILES string of the molecule is CCCn1ccn(CC2OCCc3ccccc32)c1=O. The van der Waals surface area contributed by atoms with E-state index in [1.165, 1.54) is 11.1 Å². The number of hydrogen-bond acceptors (Lipinski definition) is 2. The number of benzene rings is 1. The molecule has 2 aromatic rings. The molecule has 0 N–H and O–H groups in total. The summed E-state index contributed by atoms with van der Waals surface area (Å²) in [5.41, 5.74) is 2.61. The maximum absolute atomic E-state index is 12.2. The molecule has 0 spiro atoms. The van der Waals surface area contributed by atoms with Gasteiger partial charge in [0.05, 0.1) is 13.2 Å². The highest BCUT2D eigenvalue weighted by atomic mass is 16.5. The summed E-state index contributed by atoms with van der Waals surface area (Å²) in [5, 5.41) is 0. The van der Waals surface area contributed by atoms with Crippen LogP contribution in [0.2, 0.25) is 0 Å². The van der Waals surface area contributed by atoms with E-state index in [0.29, 0.717) is 6.54 Å². The standard InChI is InChI=1S/C16H20N2O2/c1-2-8-17-9-10-18(16(17)19)12-15-14-6-4-3-5-13(14)7-11-20-15/h3-6,9-10,15H,2,7-8,11-12H2,1H3. The highest BCUT2D eigenvalue weighted by Gasteiger charge is 2.21. The average Bonchev–Trinajstić information content (AvgIpc) is 2.81. The van der Waals surface area contributed by atoms with Crippen molar-refractivity contribution in [3.05, 3.63) is 58.3 Å². The Morgan fingerprint density at radius 2 is 2.05 bits per heavy atom. The molecule has 106 valence electrons. The van der Waals surface area contributed by atoms with Gasteiger partial charge < -0.3 is 4.74 Å². The van der Waals surface area contributed by atoms with Gasteiger partial charge in [0.1, 0.15) is 6.10 Å². The van der Waals surface area contributed by atoms with Gasteiger partial charge in [-0.05, 0) is 24.0 Å². The first kappa shape index (κ1) is 13.2. The third-order valence-corrected chi connectivity index (χ3v) is 3.84. The molecule has 2 heterocycles. The van der Waals surface area contributed by atoms with Gasteiger partial charge in [-0.15, -0.1) is 0 Å². The first-order valence-corrected chi connectivity index (χ1v) is 7.24. The van der Waals surface area contributed by atoms with Crippen LogP contribution in [0.15, 0.2) is 41.5 Å². The lowest BCUT2D eigenvalue weighted by Crippen LogP contribution is -2.28. The highest BCUT2D eigenvalue weighted by molar-refractivity contribution is 5.30. The van der Waals surface area contributed by atoms with Crippen molar-refractivity contribution in [2.45, 2.75) is 39.0 Å². The van der Waals surface area contributed by atoms with Crippen molar-refractivity contribution in [1.82, 2.24) is 9.13 Å². The van der Waals surface area contributed by atoms with Gasteiger partial charge in [-0.3, -0.25) is 9.13 Å². The molecule has 1 aromatic heterocycles. The van der Waals surface area contributed by atoms with Gasteiger partial charge in [0.15, 0.2) is 0 Å². The molecular formula is C16H20N2O2. The van der Waals surface area contributed by atoms with Crippen LogP contribution in [0.4, 0.5) is 0 Å². The Bertz CT molecular complexity index is 642. The highest BCUT2D eigenvalue weighted by Crippen LogP contribution is 2.27. The lowest BCUT2D eigenvalue weighted by atomic mass is 9.97. The zero-order valence-corrected chi connectivity index (χ0v) is 11.8. The quantitative estimate of drug-likeness (QED) is 0.856. The molecule has 3 rings (SSSR count). The second-order valence-corrected chi connectivity index (χ2v) is 5.23. The molecular weight excluding hydrogens is 252 g/mol. The normalized spacial score (nSPS) is 17.9. The Morgan fingerprint density at radius 3 is 2.90 bits per heavy atom. The van der Waals surface area contributed by atoms with Gasteiger partial charge in [-0.25, -0.2) is 4.79 Å². The third-order valence-electron chi connectivity index (χ3n) is 3.84. The van der Waals surface area contributed by atoms with E-state index in [2.05, 4.69) is 25.1 Å². The van der Waals surface area contributed by atoms with Gasteiger partial charge in [0, 0.05) is 18.9 Å². The van der Waals surface area contributed by atoms with Gasteiger partial charge in [-0.2, -0.15) is 0 Å². The van der Waals surface area contributed by atoms with Gasteiger partial charge in [0.2, 0.25) is 0 Å². The van der Waals surface area contributed by atoms with Crippen LogP contribution < -0.4 is 5.69 Å². The molecule has 1 unspecified atom stereocenters. The monoisotopic (exact) mass is 272 g/mol. The van der Waals surface area contributed by atoms with Gasteiger partial charge in [-0.1, -0.05) is 31.2 Å². The van der Waals surface area contributed by atoms with E-state index in [1.807, 2.05) is 18.5 Å². The minimum absolute atomic E-state index is 0.0184. The minimum atomic E-state index is -0.0184. The van der Waals surface area contributed by atoms with E-state index < -0.39 is 0 Å². The number of hydrogen-bond donors (Lipinski definition) is 0. The van der Waals surface area contributed by atoms with E-state index in [9.17, 15) is 4.79 Å². The average molecular weight is 272 g/mol. The van der Waals surface area contributed by atoms with Crippen molar-refractivity contribution in [2.24, 2.45) is 0 Å². The summed E-state index contributed by atoms with van der Waals surface area (Å²) in [4.78, 5) is 12.2. The van der Waals surface area contributed by atoms with E-state index in [1.54, 1.807) is 9.13 Å². The summed E-state index contributed by atoms with van der Waals surface area (Å²) in [6.07, 6.45) is 5.62. The molecule has 4 nitrogen and oxygen atoms in total. The lowest BCUT2D eigenvalue weighted by molar-refractivity contribution is 0.0299. The molecule has 0 radical (unpaired) electrons. The van der Waals surface area contributed by atoms with E-state index in [0.717, 1.165) is 26.0 Å². The number of aromatic nitrogens is 2. The van der Waals surface area contributed by atoms with Gasteiger partial charge >= 0.3 is 5.69 Å². The van der Waals surface area contributed by atoms with Crippen molar-refractivity contribution in [2.75, 3.05) is 6.61 Å². The Hall–Kier alpha value is -1.81. The molecule has 1 atom stereocenters. The smallest absolute Gasteiger partial charge is 0.328 e. The van der Waals surface area contributed by atoms with Crippen LogP contribution in [0.5, 0.6) is 0 Å². The summed E-state index contributed by atoms with van der Waals surface area (Å²) in [7, 11) is 0. The second-order valence-electron chi connectivity index (χ2n) is 5.23. The molecule has 0 bridgehead atoms. The molecule has 0 fully saturated rings. The fourth-order valence-corrected chi connectivity index (χ4v) is 2.81. The maximum Gasteiger partial charge on any atom is 0.328 e. The summed E-state index contributed by atoms with van der Waals surface area (Å²) in [6, 6.07) is 8.35. The zero-order chi connectivity index (χ0) is 13.9. The number of nitrogens with zero attached hydrogens (tertiary/aromatic N) is 2. The first-order chi connectivity index (χ1) is 9.79. The van der Waals surface area contributed by atoms with E-state index >= 15 is 0 Å². The van der Waals surface area contributed by atoms with Crippen LogP contribution in [-0.2, 0) is 24.2 Å². The first-order valence-electron chi connectivity index (χ1n) is 7.24. The van der Waals surface area contributed by atoms with Crippen molar-refractivity contribution in [3.63, 3.8) is 0 Å². The maximum atomic E-state index is 12.2. The van der Waals surface area contributed by atoms with Crippen molar-refractivity contribution >= 4 is 0 Å². The number of rotatable bonds is 4. The summed E-state index contributed by atoms with van der Waals surface area (Å²) in [5.74, 6) is 0. The zero-order valence-electron chi connectivity index (χ0n) is 11.8. The van der Waals surface area contributed by atoms with Crippen LogP contribution in [0.1, 0.15) is 30.6 Å². The number of fused-ring (bicyclic) bond motifs is 1. The predicted molar refractivity (Wildman–Crippen MR) is 77.8 cm³/mol. The van der Waals surface area contributed by atoms with Crippen molar-refractivity contribution in [3.8, 4) is 0 Å². The molecule has 1 aliphatic heterocycles. The van der Waals surface area contributed by atoms with Crippen LogP contribution in [0.3, 0.4) is 0 Å². The van der Waals surface area contributed by atoms with Crippen LogP contribution in [0.25, 0.3) is 0 Å². The molecule has 4 heteroatoms. The summed E-state index contributed by atoms with van der Waals surface area (Å²) in [6.45, 7) is 4.16. The molecule has 0 amide bonds. The van der Waals surface area contributed by atoms with Crippen LogP contribution in [-0.4, -0.2) is 15.7 Å². The molecule has 1 aromatic carbocycles. The molecule has 0 saturated carbocycles. The molecule has 0 aliphatic carbocycles. The van der Waals surface area contributed by atoms with Crippen LogP contribution in [0, 0.1) is 0 Å². The third kappa shape index (κ3) is 2.43. The van der Waals surface area contributed by atoms with Crippen molar-refractivity contribution < 1.29 is 4.74 Å². The summed E-state index contributed by atoms with van der Waals surface area (Å²) < 4.78 is 9.37. The fourth-order valence-electron chi connectivity index (χ4n) is 2.81. The van der Waals surface area contributed by atoms with Crippen molar-refractivity contribution in [1.29, 1.82) is 0 Å². The predicted octanol–water partition coefficient (Wildman–Crippen LogP) is 2.37. The van der Waals surface area contributed by atoms with Gasteiger partial charge in [0.25, 0.3) is 0 Å². The van der Waals surface area contributed by atoms with E-state index in [4.69, 9.17) is 4.74 Å². The fraction of sp³-hybridized carbons (Fsp3) is 0.438. The second kappa shape index (κ2) is 5.67. The Labute approximate surface area is 118 Å². The Balaban J connectivity index is 1.84. The largest absolute Gasteiger partial charge is 0.371 e. The molecule has 1 aliphatic rings. The Kier molecular flexibility index (Phi) is 3.74. The minimum Gasteiger partial charge on any atom is -0.371 e. The Morgan fingerprint density at radius 1 is 1.25 bits per heavy atom. The lowest BCUT2D eigenvalue weighted by Gasteiger charge is -2.26. The van der Waals surface area contributed by atoms with E-state index in [-0.39, 0.29) is 11.8 Å². The number of aryl methyl sites for hydroxylation is 1. The molecule has 20 heavy (non-hydrogen) atoms. The molecule has 0 saturated heterocycles. The van der Waals surface area contributed by atoms with Crippen LogP contribution >= 0.6 is 0 Å².